The van der Waals surface area contributed by atoms with Crippen LogP contribution in [-0.2, 0) is 11.3 Å². The Morgan fingerprint density at radius 3 is 2.84 bits per heavy atom. The SMILES string of the molecule is CCCC[C@H](NCc1ccc(Br)cc1SC)C(=O)O. The molecule has 5 heteroatoms. The van der Waals surface area contributed by atoms with Crippen LogP contribution in [0.5, 0.6) is 0 Å². The number of hydrogen-bond acceptors (Lipinski definition) is 3. The molecule has 1 rings (SSSR count). The molecule has 0 aliphatic carbocycles. The van der Waals surface area contributed by atoms with E-state index in [0.717, 1.165) is 22.9 Å². The van der Waals surface area contributed by atoms with Crippen molar-refractivity contribution in [2.75, 3.05) is 6.26 Å². The Bertz CT molecular complexity index is 426. The predicted molar refractivity (Wildman–Crippen MR) is 83.7 cm³/mol. The van der Waals surface area contributed by atoms with Gasteiger partial charge in [-0.15, -0.1) is 11.8 Å². The maximum Gasteiger partial charge on any atom is 0.320 e. The van der Waals surface area contributed by atoms with Crippen LogP contribution in [-0.4, -0.2) is 23.4 Å². The molecular formula is C14H20BrNO2S. The minimum atomic E-state index is -0.767. The fraction of sp³-hybridized carbons (Fsp3) is 0.500. The molecule has 1 atom stereocenters. The number of nitrogens with one attached hydrogen (secondary N) is 1. The highest BCUT2D eigenvalue weighted by atomic mass is 79.9. The Balaban J connectivity index is 2.65. The van der Waals surface area contributed by atoms with Crippen molar-refractivity contribution < 1.29 is 9.90 Å². The molecule has 106 valence electrons. The van der Waals surface area contributed by atoms with E-state index >= 15 is 0 Å². The van der Waals surface area contributed by atoms with Gasteiger partial charge in [0, 0.05) is 15.9 Å². The van der Waals surface area contributed by atoms with Crippen molar-refractivity contribution in [1.82, 2.24) is 5.32 Å². The summed E-state index contributed by atoms with van der Waals surface area (Å²) in [6.07, 6.45) is 4.65. The van der Waals surface area contributed by atoms with E-state index in [9.17, 15) is 9.90 Å². The lowest BCUT2D eigenvalue weighted by Crippen LogP contribution is -2.36. The Morgan fingerprint density at radius 2 is 2.26 bits per heavy atom. The van der Waals surface area contributed by atoms with Crippen molar-refractivity contribution in [3.05, 3.63) is 28.2 Å². The molecular weight excluding hydrogens is 326 g/mol. The number of aliphatic carboxylic acids is 1. The van der Waals surface area contributed by atoms with Crippen LogP contribution < -0.4 is 5.32 Å². The molecule has 0 aliphatic heterocycles. The summed E-state index contributed by atoms with van der Waals surface area (Å²) in [5.74, 6) is -0.767. The zero-order chi connectivity index (χ0) is 14.3. The Morgan fingerprint density at radius 1 is 1.53 bits per heavy atom. The molecule has 0 fully saturated rings. The molecule has 3 nitrogen and oxygen atoms in total. The molecule has 0 radical (unpaired) electrons. The molecule has 0 heterocycles. The van der Waals surface area contributed by atoms with Crippen molar-refractivity contribution in [3.8, 4) is 0 Å². The summed E-state index contributed by atoms with van der Waals surface area (Å²) in [6.45, 7) is 2.66. The number of benzene rings is 1. The normalized spacial score (nSPS) is 12.4. The van der Waals surface area contributed by atoms with Crippen molar-refractivity contribution >= 4 is 33.7 Å². The average Bonchev–Trinajstić information content (AvgIpc) is 2.39. The monoisotopic (exact) mass is 345 g/mol. The smallest absolute Gasteiger partial charge is 0.320 e. The quantitative estimate of drug-likeness (QED) is 0.701. The van der Waals surface area contributed by atoms with Crippen LogP contribution in [0.1, 0.15) is 31.7 Å². The number of unbranched alkanes of at least 4 members (excludes halogenated alkanes) is 1. The Kier molecular flexibility index (Phi) is 7.49. The molecule has 0 saturated carbocycles. The van der Waals surface area contributed by atoms with Gasteiger partial charge >= 0.3 is 5.97 Å². The number of thioether (sulfide) groups is 1. The van der Waals surface area contributed by atoms with Crippen molar-refractivity contribution in [1.29, 1.82) is 0 Å². The molecule has 2 N–H and O–H groups in total. The molecule has 1 aromatic rings. The molecule has 19 heavy (non-hydrogen) atoms. The van der Waals surface area contributed by atoms with Gasteiger partial charge in [-0.05, 0) is 30.4 Å². The van der Waals surface area contributed by atoms with Crippen molar-refractivity contribution in [2.24, 2.45) is 0 Å². The topological polar surface area (TPSA) is 49.3 Å². The van der Waals surface area contributed by atoms with E-state index in [-0.39, 0.29) is 0 Å². The maximum atomic E-state index is 11.2. The molecule has 0 spiro atoms. The van der Waals surface area contributed by atoms with Gasteiger partial charge in [-0.3, -0.25) is 4.79 Å². The van der Waals surface area contributed by atoms with Gasteiger partial charge in [0.1, 0.15) is 6.04 Å². The van der Waals surface area contributed by atoms with E-state index in [0.29, 0.717) is 13.0 Å². The van der Waals surface area contributed by atoms with Gasteiger partial charge in [0.2, 0.25) is 0 Å². The summed E-state index contributed by atoms with van der Waals surface area (Å²) in [7, 11) is 0. The van der Waals surface area contributed by atoms with Gasteiger partial charge in [0.05, 0.1) is 0 Å². The molecule has 1 aromatic carbocycles. The Labute approximate surface area is 127 Å². The van der Waals surface area contributed by atoms with E-state index in [1.807, 2.05) is 18.4 Å². The van der Waals surface area contributed by atoms with Gasteiger partial charge in [0.25, 0.3) is 0 Å². The molecule has 0 aliphatic rings. The second-order valence-electron chi connectivity index (χ2n) is 4.37. The second kappa shape index (κ2) is 8.61. The summed E-state index contributed by atoms with van der Waals surface area (Å²) in [5.41, 5.74) is 1.14. The second-order valence-corrected chi connectivity index (χ2v) is 6.13. The van der Waals surface area contributed by atoms with Crippen LogP contribution in [0.4, 0.5) is 0 Å². The fourth-order valence-corrected chi connectivity index (χ4v) is 2.98. The highest BCUT2D eigenvalue weighted by Crippen LogP contribution is 2.24. The molecule has 0 aromatic heterocycles. The summed E-state index contributed by atoms with van der Waals surface area (Å²) >= 11 is 5.12. The summed E-state index contributed by atoms with van der Waals surface area (Å²) in [4.78, 5) is 12.3. The van der Waals surface area contributed by atoms with Crippen LogP contribution in [0.25, 0.3) is 0 Å². The maximum absolute atomic E-state index is 11.2. The molecule has 0 bridgehead atoms. The van der Waals surface area contributed by atoms with Crippen molar-refractivity contribution in [2.45, 2.75) is 43.7 Å². The lowest BCUT2D eigenvalue weighted by Gasteiger charge is -2.15. The standard InChI is InChI=1S/C14H20BrNO2S/c1-3-4-5-12(14(17)18)16-9-10-6-7-11(15)8-13(10)19-2/h6-8,12,16H,3-5,9H2,1-2H3,(H,17,18)/t12-/m0/s1. The first-order valence-electron chi connectivity index (χ1n) is 6.37. The molecule has 0 saturated heterocycles. The lowest BCUT2D eigenvalue weighted by molar-refractivity contribution is -0.139. The van der Waals surface area contributed by atoms with Crippen LogP contribution in [0.15, 0.2) is 27.6 Å². The number of carboxylic acids is 1. The third kappa shape index (κ3) is 5.55. The zero-order valence-electron chi connectivity index (χ0n) is 11.3. The van der Waals surface area contributed by atoms with Gasteiger partial charge in [-0.1, -0.05) is 41.8 Å². The Hall–Kier alpha value is -0.520. The molecule has 0 unspecified atom stereocenters. The summed E-state index contributed by atoms with van der Waals surface area (Å²) in [6, 6.07) is 5.61. The van der Waals surface area contributed by atoms with E-state index in [4.69, 9.17) is 0 Å². The van der Waals surface area contributed by atoms with Gasteiger partial charge in [-0.25, -0.2) is 0 Å². The van der Waals surface area contributed by atoms with E-state index in [1.54, 1.807) is 11.8 Å². The lowest BCUT2D eigenvalue weighted by atomic mass is 10.1. The number of hydrogen-bond donors (Lipinski definition) is 2. The third-order valence-electron chi connectivity index (χ3n) is 2.93. The summed E-state index contributed by atoms with van der Waals surface area (Å²) in [5, 5.41) is 12.3. The number of halogens is 1. The van der Waals surface area contributed by atoms with Gasteiger partial charge in [-0.2, -0.15) is 0 Å². The highest BCUT2D eigenvalue weighted by Gasteiger charge is 2.16. The first-order valence-corrected chi connectivity index (χ1v) is 8.38. The minimum absolute atomic E-state index is 0.460. The van der Waals surface area contributed by atoms with Crippen molar-refractivity contribution in [3.63, 3.8) is 0 Å². The van der Waals surface area contributed by atoms with Crippen LogP contribution in [0.2, 0.25) is 0 Å². The van der Waals surface area contributed by atoms with Crippen LogP contribution in [0, 0.1) is 0 Å². The first kappa shape index (κ1) is 16.5. The van der Waals surface area contributed by atoms with E-state index < -0.39 is 12.0 Å². The van der Waals surface area contributed by atoms with E-state index in [2.05, 4.69) is 34.2 Å². The zero-order valence-corrected chi connectivity index (χ0v) is 13.7. The van der Waals surface area contributed by atoms with Gasteiger partial charge < -0.3 is 10.4 Å². The minimum Gasteiger partial charge on any atom is -0.480 e. The van der Waals surface area contributed by atoms with E-state index in [1.165, 1.54) is 4.90 Å². The number of carbonyl (C=O) groups is 1. The number of carboxylic acid groups (broad SMARTS) is 1. The van der Waals surface area contributed by atoms with Crippen LogP contribution >= 0.6 is 27.7 Å². The summed E-state index contributed by atoms with van der Waals surface area (Å²) < 4.78 is 1.04. The highest BCUT2D eigenvalue weighted by molar-refractivity contribution is 9.10. The van der Waals surface area contributed by atoms with Gasteiger partial charge in [0.15, 0.2) is 0 Å². The first-order chi connectivity index (χ1) is 9.08. The number of rotatable bonds is 8. The third-order valence-corrected chi connectivity index (χ3v) is 4.25. The molecule has 0 amide bonds. The predicted octanol–water partition coefficient (Wildman–Crippen LogP) is 3.90. The fourth-order valence-electron chi connectivity index (χ4n) is 1.82. The largest absolute Gasteiger partial charge is 0.480 e. The average molecular weight is 346 g/mol. The van der Waals surface area contributed by atoms with Crippen LogP contribution in [0.3, 0.4) is 0 Å².